The van der Waals surface area contributed by atoms with Crippen molar-refractivity contribution in [2.75, 3.05) is 13.2 Å². The lowest BCUT2D eigenvalue weighted by atomic mass is 10.2. The number of hydrogen-bond acceptors (Lipinski definition) is 4. The standard InChI is InChI=1S/C19H22ClFN4O2Si/c1-28(2,3)9-8-26-13-25-11-15(24-6-5-23-12-24)17-16(27-7-4-22)10-14(20)18(21)19(17)25/h5-6,10-12H,7-9,13H2,1-3H3. The SMILES string of the molecule is C[Si](C)(C)CCOCn1cc(-n2ccnc2)c2c(OCC#N)cc(Cl)c(F)c21. The monoisotopic (exact) mass is 420 g/mol. The molecule has 0 saturated carbocycles. The topological polar surface area (TPSA) is 65.0 Å². The van der Waals surface area contributed by atoms with E-state index in [4.69, 9.17) is 26.3 Å². The van der Waals surface area contributed by atoms with Crippen molar-refractivity contribution in [1.29, 1.82) is 5.26 Å². The minimum Gasteiger partial charge on any atom is -0.478 e. The van der Waals surface area contributed by atoms with Crippen molar-refractivity contribution >= 4 is 30.6 Å². The molecule has 2 heterocycles. The lowest BCUT2D eigenvalue weighted by Gasteiger charge is -2.16. The zero-order valence-electron chi connectivity index (χ0n) is 16.1. The van der Waals surface area contributed by atoms with Crippen LogP contribution in [0.2, 0.25) is 30.7 Å². The normalized spacial score (nSPS) is 11.7. The fourth-order valence-corrected chi connectivity index (χ4v) is 3.79. The molecule has 28 heavy (non-hydrogen) atoms. The van der Waals surface area contributed by atoms with Gasteiger partial charge in [0.05, 0.1) is 27.9 Å². The summed E-state index contributed by atoms with van der Waals surface area (Å²) in [5.74, 6) is -0.214. The van der Waals surface area contributed by atoms with Gasteiger partial charge in [0.15, 0.2) is 12.4 Å². The number of ether oxygens (including phenoxy) is 2. The van der Waals surface area contributed by atoms with Crippen LogP contribution in [0.25, 0.3) is 16.6 Å². The van der Waals surface area contributed by atoms with Gasteiger partial charge in [0.25, 0.3) is 0 Å². The molecule has 0 saturated heterocycles. The molecule has 2 aromatic heterocycles. The van der Waals surface area contributed by atoms with Gasteiger partial charge in [0.1, 0.15) is 18.5 Å². The van der Waals surface area contributed by atoms with Crippen molar-refractivity contribution in [2.45, 2.75) is 32.4 Å². The van der Waals surface area contributed by atoms with Gasteiger partial charge in [-0.3, -0.25) is 0 Å². The molecule has 3 rings (SSSR count). The van der Waals surface area contributed by atoms with Gasteiger partial charge >= 0.3 is 0 Å². The number of hydrogen-bond donors (Lipinski definition) is 0. The molecule has 0 spiro atoms. The smallest absolute Gasteiger partial charge is 0.174 e. The Morgan fingerprint density at radius 1 is 1.36 bits per heavy atom. The van der Waals surface area contributed by atoms with E-state index in [0.29, 0.717) is 23.4 Å². The summed E-state index contributed by atoms with van der Waals surface area (Å²) < 4.78 is 29.8. The summed E-state index contributed by atoms with van der Waals surface area (Å²) in [5, 5.41) is 9.32. The quantitative estimate of drug-likeness (QED) is 0.386. The number of aromatic nitrogens is 3. The first kappa shape index (κ1) is 20.4. The molecule has 0 unspecified atom stereocenters. The van der Waals surface area contributed by atoms with Crippen LogP contribution in [0.4, 0.5) is 4.39 Å². The molecule has 0 aliphatic heterocycles. The molecule has 0 fully saturated rings. The lowest BCUT2D eigenvalue weighted by molar-refractivity contribution is 0.0899. The summed E-state index contributed by atoms with van der Waals surface area (Å²) >= 11 is 6.09. The molecule has 0 bridgehead atoms. The molecule has 6 nitrogen and oxygen atoms in total. The van der Waals surface area contributed by atoms with Crippen LogP contribution in [-0.4, -0.2) is 35.4 Å². The zero-order chi connectivity index (χ0) is 20.3. The number of benzene rings is 1. The molecule has 0 atom stereocenters. The molecular weight excluding hydrogens is 399 g/mol. The van der Waals surface area contributed by atoms with Crippen LogP contribution >= 0.6 is 11.6 Å². The highest BCUT2D eigenvalue weighted by Crippen LogP contribution is 2.38. The Kier molecular flexibility index (Phi) is 6.08. The summed E-state index contributed by atoms with van der Waals surface area (Å²) in [6.07, 6.45) is 6.78. The van der Waals surface area contributed by atoms with Gasteiger partial charge in [-0.05, 0) is 6.04 Å². The Balaban J connectivity index is 2.06. The predicted molar refractivity (Wildman–Crippen MR) is 109 cm³/mol. The average Bonchev–Trinajstić information content (AvgIpc) is 3.27. The minimum absolute atomic E-state index is 0.0703. The van der Waals surface area contributed by atoms with Crippen molar-refractivity contribution in [1.82, 2.24) is 14.1 Å². The molecule has 0 aliphatic rings. The summed E-state index contributed by atoms with van der Waals surface area (Å²) in [6.45, 7) is 7.45. The summed E-state index contributed by atoms with van der Waals surface area (Å²) in [6, 6.07) is 4.34. The first-order valence-corrected chi connectivity index (χ1v) is 13.0. The molecule has 148 valence electrons. The van der Waals surface area contributed by atoms with Gasteiger partial charge in [-0.25, -0.2) is 9.37 Å². The Labute approximate surface area is 169 Å². The number of fused-ring (bicyclic) bond motifs is 1. The van der Waals surface area contributed by atoms with Crippen molar-refractivity contribution < 1.29 is 13.9 Å². The Morgan fingerprint density at radius 2 is 2.14 bits per heavy atom. The van der Waals surface area contributed by atoms with E-state index in [0.717, 1.165) is 6.04 Å². The van der Waals surface area contributed by atoms with Crippen LogP contribution in [0, 0.1) is 17.1 Å². The minimum atomic E-state index is -1.22. The van der Waals surface area contributed by atoms with Crippen LogP contribution < -0.4 is 4.74 Å². The van der Waals surface area contributed by atoms with Gasteiger partial charge in [-0.2, -0.15) is 5.26 Å². The Bertz CT molecular complexity index is 1010. The third kappa shape index (κ3) is 4.38. The van der Waals surface area contributed by atoms with Crippen LogP contribution in [0.5, 0.6) is 5.75 Å². The van der Waals surface area contributed by atoms with Crippen molar-refractivity contribution in [3.63, 3.8) is 0 Å². The summed E-state index contributed by atoms with van der Waals surface area (Å²) in [7, 11) is -1.22. The van der Waals surface area contributed by atoms with Gasteiger partial charge in [0.2, 0.25) is 0 Å². The predicted octanol–water partition coefficient (Wildman–Crippen LogP) is 4.83. The number of nitriles is 1. The fraction of sp³-hybridized carbons (Fsp3) is 0.368. The van der Waals surface area contributed by atoms with E-state index < -0.39 is 13.9 Å². The Hall–Kier alpha value is -2.34. The van der Waals surface area contributed by atoms with Gasteiger partial charge in [-0.15, -0.1) is 0 Å². The molecule has 1 aromatic carbocycles. The third-order valence-corrected chi connectivity index (χ3v) is 6.26. The zero-order valence-corrected chi connectivity index (χ0v) is 17.8. The van der Waals surface area contributed by atoms with Crippen LogP contribution in [0.1, 0.15) is 0 Å². The second kappa shape index (κ2) is 8.35. The van der Waals surface area contributed by atoms with E-state index in [2.05, 4.69) is 24.6 Å². The molecule has 0 radical (unpaired) electrons. The number of rotatable bonds is 8. The van der Waals surface area contributed by atoms with Gasteiger partial charge in [-0.1, -0.05) is 31.2 Å². The maximum Gasteiger partial charge on any atom is 0.174 e. The van der Waals surface area contributed by atoms with Crippen molar-refractivity contribution in [2.24, 2.45) is 0 Å². The molecule has 0 aliphatic carbocycles. The van der Waals surface area contributed by atoms with E-state index >= 15 is 0 Å². The van der Waals surface area contributed by atoms with Crippen LogP contribution in [-0.2, 0) is 11.5 Å². The molecule has 3 aromatic rings. The maximum absolute atomic E-state index is 15.0. The largest absolute Gasteiger partial charge is 0.478 e. The first-order chi connectivity index (χ1) is 13.3. The summed E-state index contributed by atoms with van der Waals surface area (Å²) in [5.41, 5.74) is 0.946. The fourth-order valence-electron chi connectivity index (χ4n) is 2.85. The highest BCUT2D eigenvalue weighted by atomic mass is 35.5. The number of imidazole rings is 1. The maximum atomic E-state index is 15.0. The molecule has 0 N–H and O–H groups in total. The van der Waals surface area contributed by atoms with E-state index in [1.54, 1.807) is 34.1 Å². The molecule has 0 amide bonds. The Morgan fingerprint density at radius 3 is 2.79 bits per heavy atom. The van der Waals surface area contributed by atoms with E-state index in [9.17, 15) is 4.39 Å². The lowest BCUT2D eigenvalue weighted by Crippen LogP contribution is -2.22. The highest BCUT2D eigenvalue weighted by molar-refractivity contribution is 6.76. The number of nitrogens with zero attached hydrogens (tertiary/aromatic N) is 4. The van der Waals surface area contributed by atoms with E-state index in [1.807, 2.05) is 6.07 Å². The number of halogens is 2. The molecule has 9 heteroatoms. The van der Waals surface area contributed by atoms with Gasteiger partial charge < -0.3 is 18.6 Å². The van der Waals surface area contributed by atoms with Crippen molar-refractivity contribution in [3.05, 3.63) is 41.8 Å². The van der Waals surface area contributed by atoms with Crippen LogP contribution in [0.3, 0.4) is 0 Å². The van der Waals surface area contributed by atoms with E-state index in [-0.39, 0.29) is 23.9 Å². The van der Waals surface area contributed by atoms with E-state index in [1.165, 1.54) is 6.07 Å². The van der Waals surface area contributed by atoms with Gasteiger partial charge in [0, 0.05) is 39.3 Å². The third-order valence-electron chi connectivity index (χ3n) is 4.28. The first-order valence-electron chi connectivity index (χ1n) is 8.88. The highest BCUT2D eigenvalue weighted by Gasteiger charge is 2.22. The van der Waals surface area contributed by atoms with Crippen molar-refractivity contribution in [3.8, 4) is 17.5 Å². The second-order valence-corrected chi connectivity index (χ2v) is 13.7. The second-order valence-electron chi connectivity index (χ2n) is 7.64. The molecular formula is C19H22ClFN4O2Si. The summed E-state index contributed by atoms with van der Waals surface area (Å²) in [4.78, 5) is 4.06. The average molecular weight is 421 g/mol. The van der Waals surface area contributed by atoms with Crippen LogP contribution in [0.15, 0.2) is 31.0 Å².